The highest BCUT2D eigenvalue weighted by molar-refractivity contribution is 6.00. The first-order valence-corrected chi connectivity index (χ1v) is 7.31. The fourth-order valence-corrected chi connectivity index (χ4v) is 2.56. The third kappa shape index (κ3) is 2.81. The fourth-order valence-electron chi connectivity index (χ4n) is 2.56. The molecule has 0 radical (unpaired) electrons. The molecule has 1 heterocycles. The number of benzene rings is 2. The molecular weight excluding hydrogens is 322 g/mol. The quantitative estimate of drug-likeness (QED) is 0.495. The third-order valence-electron chi connectivity index (χ3n) is 3.74. The van der Waals surface area contributed by atoms with Crippen LogP contribution in [0.25, 0.3) is 10.9 Å². The molecule has 2 aromatic carbocycles. The van der Waals surface area contributed by atoms with Crippen molar-refractivity contribution in [1.29, 1.82) is 5.26 Å². The smallest absolute Gasteiger partial charge is 0.187 e. The Morgan fingerprint density at radius 1 is 1.12 bits per heavy atom. The van der Waals surface area contributed by atoms with Crippen molar-refractivity contribution in [2.45, 2.75) is 0 Å². The standard InChI is InChI=1S/C18H15N3O4/c1-24-15-6-4-12-16(21-13-5-3-11(22)7-14(13)23)10(8-19)9-20-17(12)18(15)25-2/h3-7,9,22-23H,1-2H3,(H,20,21). The number of hydrogen-bond donors (Lipinski definition) is 3. The van der Waals surface area contributed by atoms with Crippen molar-refractivity contribution >= 4 is 22.3 Å². The van der Waals surface area contributed by atoms with E-state index < -0.39 is 0 Å². The molecule has 0 spiro atoms. The first-order chi connectivity index (χ1) is 12.1. The molecule has 7 nitrogen and oxygen atoms in total. The average molecular weight is 337 g/mol. The Bertz CT molecular complexity index is 996. The minimum Gasteiger partial charge on any atom is -0.508 e. The van der Waals surface area contributed by atoms with Crippen LogP contribution in [0.15, 0.2) is 36.5 Å². The van der Waals surface area contributed by atoms with E-state index in [1.54, 1.807) is 12.1 Å². The lowest BCUT2D eigenvalue weighted by molar-refractivity contribution is 0.358. The Morgan fingerprint density at radius 2 is 1.92 bits per heavy atom. The van der Waals surface area contributed by atoms with Gasteiger partial charge in [-0.15, -0.1) is 0 Å². The number of aromatic nitrogens is 1. The van der Waals surface area contributed by atoms with Crippen molar-refractivity contribution in [3.63, 3.8) is 0 Å². The van der Waals surface area contributed by atoms with Gasteiger partial charge in [0.25, 0.3) is 0 Å². The first kappa shape index (κ1) is 16.2. The molecule has 1 aromatic heterocycles. The summed E-state index contributed by atoms with van der Waals surface area (Å²) in [6.45, 7) is 0. The largest absolute Gasteiger partial charge is 0.508 e. The van der Waals surface area contributed by atoms with Gasteiger partial charge < -0.3 is 25.0 Å². The molecule has 7 heteroatoms. The van der Waals surface area contributed by atoms with Crippen LogP contribution in [0.3, 0.4) is 0 Å². The molecule has 0 atom stereocenters. The van der Waals surface area contributed by atoms with E-state index in [0.717, 1.165) is 0 Å². The second-order valence-electron chi connectivity index (χ2n) is 5.18. The Labute approximate surface area is 143 Å². The topological polar surface area (TPSA) is 108 Å². The van der Waals surface area contributed by atoms with Crippen LogP contribution < -0.4 is 14.8 Å². The van der Waals surface area contributed by atoms with Crippen molar-refractivity contribution < 1.29 is 19.7 Å². The number of pyridine rings is 1. The van der Waals surface area contributed by atoms with Gasteiger partial charge in [0.05, 0.1) is 31.2 Å². The number of phenolic OH excluding ortho intramolecular Hbond substituents is 2. The molecule has 0 bridgehead atoms. The zero-order valence-corrected chi connectivity index (χ0v) is 13.6. The van der Waals surface area contributed by atoms with Gasteiger partial charge in [-0.25, -0.2) is 0 Å². The van der Waals surface area contributed by atoms with Crippen molar-refractivity contribution in [2.75, 3.05) is 19.5 Å². The lowest BCUT2D eigenvalue weighted by Gasteiger charge is -2.15. The predicted octanol–water partition coefficient (Wildman–Crippen LogP) is 3.28. The summed E-state index contributed by atoms with van der Waals surface area (Å²) in [5.74, 6) is 0.761. The number of nitrogens with one attached hydrogen (secondary N) is 1. The molecule has 3 rings (SSSR count). The number of phenols is 2. The van der Waals surface area contributed by atoms with E-state index in [1.165, 1.54) is 38.6 Å². The van der Waals surface area contributed by atoms with Gasteiger partial charge in [-0.05, 0) is 24.3 Å². The predicted molar refractivity (Wildman–Crippen MR) is 92.6 cm³/mol. The van der Waals surface area contributed by atoms with Crippen LogP contribution in [-0.2, 0) is 0 Å². The Kier molecular flexibility index (Phi) is 4.18. The van der Waals surface area contributed by atoms with Crippen LogP contribution >= 0.6 is 0 Å². The van der Waals surface area contributed by atoms with E-state index in [0.29, 0.717) is 39.3 Å². The second-order valence-corrected chi connectivity index (χ2v) is 5.18. The molecule has 0 fully saturated rings. The molecule has 0 aliphatic heterocycles. The zero-order valence-electron chi connectivity index (χ0n) is 13.6. The maximum absolute atomic E-state index is 10.0. The van der Waals surface area contributed by atoms with Crippen LogP contribution in [0.4, 0.5) is 11.4 Å². The van der Waals surface area contributed by atoms with Gasteiger partial charge in [0.1, 0.15) is 23.1 Å². The number of hydrogen-bond acceptors (Lipinski definition) is 7. The van der Waals surface area contributed by atoms with Crippen LogP contribution in [0.5, 0.6) is 23.0 Å². The van der Waals surface area contributed by atoms with E-state index >= 15 is 0 Å². The molecule has 3 N–H and O–H groups in total. The Morgan fingerprint density at radius 3 is 2.56 bits per heavy atom. The van der Waals surface area contributed by atoms with Gasteiger partial charge in [-0.1, -0.05) is 0 Å². The van der Waals surface area contributed by atoms with Crippen molar-refractivity contribution in [1.82, 2.24) is 4.98 Å². The Hall–Kier alpha value is -3.66. The third-order valence-corrected chi connectivity index (χ3v) is 3.74. The Balaban J connectivity index is 2.23. The summed E-state index contributed by atoms with van der Waals surface area (Å²) >= 11 is 0. The molecule has 3 aromatic rings. The molecule has 0 saturated carbocycles. The summed E-state index contributed by atoms with van der Waals surface area (Å²) < 4.78 is 10.7. The lowest BCUT2D eigenvalue weighted by atomic mass is 10.1. The maximum Gasteiger partial charge on any atom is 0.187 e. The summed E-state index contributed by atoms with van der Waals surface area (Å²) in [4.78, 5) is 4.30. The number of anilines is 2. The normalized spacial score (nSPS) is 10.3. The highest BCUT2D eigenvalue weighted by Crippen LogP contribution is 2.40. The summed E-state index contributed by atoms with van der Waals surface area (Å²) in [7, 11) is 3.04. The van der Waals surface area contributed by atoms with Gasteiger partial charge in [-0.2, -0.15) is 5.26 Å². The maximum atomic E-state index is 10.0. The molecule has 25 heavy (non-hydrogen) atoms. The lowest BCUT2D eigenvalue weighted by Crippen LogP contribution is -1.99. The van der Waals surface area contributed by atoms with Crippen molar-refractivity contribution in [2.24, 2.45) is 0 Å². The van der Waals surface area contributed by atoms with E-state index in [9.17, 15) is 15.5 Å². The number of rotatable bonds is 4. The number of methoxy groups -OCH3 is 2. The summed E-state index contributed by atoms with van der Waals surface area (Å²) in [6.07, 6.45) is 1.42. The molecule has 0 amide bonds. The SMILES string of the molecule is COc1ccc2c(Nc3ccc(O)cc3O)c(C#N)cnc2c1OC. The number of nitriles is 1. The number of aromatic hydroxyl groups is 2. The van der Waals surface area contributed by atoms with Crippen LogP contribution in [0.1, 0.15) is 5.56 Å². The molecule has 0 unspecified atom stereocenters. The summed E-state index contributed by atoms with van der Waals surface area (Å²) in [6, 6.07) is 9.70. The number of fused-ring (bicyclic) bond motifs is 1. The van der Waals surface area contributed by atoms with Crippen LogP contribution in [0.2, 0.25) is 0 Å². The van der Waals surface area contributed by atoms with Crippen LogP contribution in [-0.4, -0.2) is 29.4 Å². The van der Waals surface area contributed by atoms with E-state index in [2.05, 4.69) is 16.4 Å². The fraction of sp³-hybridized carbons (Fsp3) is 0.111. The van der Waals surface area contributed by atoms with E-state index in [4.69, 9.17) is 9.47 Å². The highest BCUT2D eigenvalue weighted by Gasteiger charge is 2.17. The average Bonchev–Trinajstić information content (AvgIpc) is 2.62. The summed E-state index contributed by atoms with van der Waals surface area (Å²) in [5, 5.41) is 32.5. The van der Waals surface area contributed by atoms with Gasteiger partial charge in [0.15, 0.2) is 11.5 Å². The van der Waals surface area contributed by atoms with Gasteiger partial charge in [-0.3, -0.25) is 4.98 Å². The highest BCUT2D eigenvalue weighted by atomic mass is 16.5. The van der Waals surface area contributed by atoms with Crippen molar-refractivity contribution in [3.8, 4) is 29.1 Å². The van der Waals surface area contributed by atoms with Crippen LogP contribution in [0, 0.1) is 11.3 Å². The first-order valence-electron chi connectivity index (χ1n) is 7.31. The molecule has 0 aliphatic carbocycles. The zero-order chi connectivity index (χ0) is 18.0. The number of nitrogens with zero attached hydrogens (tertiary/aromatic N) is 2. The van der Waals surface area contributed by atoms with E-state index in [-0.39, 0.29) is 11.5 Å². The molecule has 0 aliphatic rings. The minimum atomic E-state index is -0.144. The van der Waals surface area contributed by atoms with Crippen molar-refractivity contribution in [3.05, 3.63) is 42.1 Å². The molecule has 126 valence electrons. The van der Waals surface area contributed by atoms with E-state index in [1.807, 2.05) is 0 Å². The second kappa shape index (κ2) is 6.45. The number of ether oxygens (including phenoxy) is 2. The van der Waals surface area contributed by atoms with Gasteiger partial charge in [0.2, 0.25) is 0 Å². The molecule has 0 saturated heterocycles. The molecular formula is C18H15N3O4. The van der Waals surface area contributed by atoms with Gasteiger partial charge in [0, 0.05) is 17.6 Å². The minimum absolute atomic E-state index is 0.0606. The monoisotopic (exact) mass is 337 g/mol. The van der Waals surface area contributed by atoms with Gasteiger partial charge >= 0.3 is 0 Å². The summed E-state index contributed by atoms with van der Waals surface area (Å²) in [5.41, 5.74) is 1.62.